The monoisotopic (exact) mass is 675 g/mol. The number of nitrogens with one attached hydrogen (secondary N) is 1. The van der Waals surface area contributed by atoms with Crippen molar-refractivity contribution in [3.8, 4) is 11.5 Å². The molecule has 9 heteroatoms. The smallest absolute Gasteiger partial charge is 0.264 e. The maximum absolute atomic E-state index is 14.6. The van der Waals surface area contributed by atoms with Crippen LogP contribution in [0.3, 0.4) is 0 Å². The van der Waals surface area contributed by atoms with Crippen LogP contribution in [0.15, 0.2) is 150 Å². The third-order valence-electron chi connectivity index (χ3n) is 7.68. The first-order chi connectivity index (χ1) is 23.5. The maximum atomic E-state index is 14.6. The zero-order chi connectivity index (χ0) is 34.9. The van der Waals surface area contributed by atoms with Gasteiger partial charge >= 0.3 is 0 Å². The van der Waals surface area contributed by atoms with E-state index in [1.54, 1.807) is 42.5 Å². The summed E-state index contributed by atoms with van der Waals surface area (Å²) in [5.74, 6) is 0.276. The molecule has 0 saturated carbocycles. The van der Waals surface area contributed by atoms with Gasteiger partial charge in [0.1, 0.15) is 24.1 Å². The van der Waals surface area contributed by atoms with Gasteiger partial charge in [0.05, 0.1) is 10.6 Å². The Bertz CT molecular complexity index is 1920. The molecule has 5 rings (SSSR count). The molecule has 0 aromatic heterocycles. The molecule has 1 N–H and O–H groups in total. The molecule has 5 aromatic carbocycles. The predicted molar refractivity (Wildman–Crippen MR) is 193 cm³/mol. The fraction of sp³-hybridized carbons (Fsp3) is 0.200. The summed E-state index contributed by atoms with van der Waals surface area (Å²) in [7, 11) is -4.22. The third-order valence-corrected chi connectivity index (χ3v) is 9.47. The minimum Gasteiger partial charge on any atom is -0.457 e. The van der Waals surface area contributed by atoms with Crippen LogP contribution < -0.4 is 14.4 Å². The van der Waals surface area contributed by atoms with E-state index in [1.165, 1.54) is 17.0 Å². The summed E-state index contributed by atoms with van der Waals surface area (Å²) in [4.78, 5) is 30.2. The lowest BCUT2D eigenvalue weighted by atomic mass is 10.0. The van der Waals surface area contributed by atoms with E-state index in [0.717, 1.165) is 15.4 Å². The van der Waals surface area contributed by atoms with Crippen LogP contribution in [0.2, 0.25) is 0 Å². The average molecular weight is 676 g/mol. The number of hydrogen-bond acceptors (Lipinski definition) is 5. The van der Waals surface area contributed by atoms with E-state index in [4.69, 9.17) is 4.74 Å². The normalized spacial score (nSPS) is 12.1. The van der Waals surface area contributed by atoms with Gasteiger partial charge in [-0.15, -0.1) is 0 Å². The van der Waals surface area contributed by atoms with Crippen LogP contribution >= 0.6 is 0 Å². The number of benzene rings is 5. The Morgan fingerprint density at radius 2 is 1.16 bits per heavy atom. The fourth-order valence-corrected chi connectivity index (χ4v) is 6.78. The molecule has 0 bridgehead atoms. The largest absolute Gasteiger partial charge is 0.457 e. The van der Waals surface area contributed by atoms with E-state index in [1.807, 2.05) is 112 Å². The van der Waals surface area contributed by atoms with Crippen molar-refractivity contribution in [2.45, 2.75) is 50.2 Å². The van der Waals surface area contributed by atoms with E-state index in [9.17, 15) is 18.0 Å². The summed E-state index contributed by atoms with van der Waals surface area (Å²) in [6.45, 7) is 5.20. The summed E-state index contributed by atoms with van der Waals surface area (Å²) in [6.07, 6.45) is 0.234. The van der Waals surface area contributed by atoms with Crippen molar-refractivity contribution in [3.05, 3.63) is 157 Å². The fourth-order valence-electron chi connectivity index (χ4n) is 5.34. The molecule has 0 unspecified atom stereocenters. The highest BCUT2D eigenvalue weighted by Crippen LogP contribution is 2.29. The van der Waals surface area contributed by atoms with Gasteiger partial charge in [-0.2, -0.15) is 0 Å². The number of ether oxygens (including phenoxy) is 1. The summed E-state index contributed by atoms with van der Waals surface area (Å²) in [6, 6.07) is 41.7. The number of nitrogens with zero attached hydrogens (tertiary/aromatic N) is 2. The molecular weight excluding hydrogens is 635 g/mol. The van der Waals surface area contributed by atoms with E-state index in [2.05, 4.69) is 5.32 Å². The van der Waals surface area contributed by atoms with Crippen LogP contribution in [0, 0.1) is 0 Å². The van der Waals surface area contributed by atoms with E-state index in [-0.39, 0.29) is 29.5 Å². The molecule has 8 nitrogen and oxygen atoms in total. The first kappa shape index (κ1) is 34.9. The number of carbonyl (C=O) groups excluding carboxylic acids is 2. The molecule has 2 amide bonds. The van der Waals surface area contributed by atoms with E-state index >= 15 is 0 Å². The van der Waals surface area contributed by atoms with Gasteiger partial charge in [0, 0.05) is 18.5 Å². The molecule has 5 aromatic rings. The first-order valence-corrected chi connectivity index (χ1v) is 17.5. The molecule has 49 heavy (non-hydrogen) atoms. The molecule has 0 radical (unpaired) electrons. The third kappa shape index (κ3) is 9.58. The molecule has 252 valence electrons. The van der Waals surface area contributed by atoms with Crippen molar-refractivity contribution in [2.75, 3.05) is 10.8 Å². The number of rotatable bonds is 13. The number of sulfonamides is 1. The Hall–Kier alpha value is -5.41. The molecule has 0 heterocycles. The maximum Gasteiger partial charge on any atom is 0.264 e. The Morgan fingerprint density at radius 3 is 1.71 bits per heavy atom. The number of para-hydroxylation sites is 1. The highest BCUT2D eigenvalue weighted by Gasteiger charge is 2.35. The quantitative estimate of drug-likeness (QED) is 0.142. The van der Waals surface area contributed by atoms with Crippen LogP contribution in [-0.4, -0.2) is 43.3 Å². The highest BCUT2D eigenvalue weighted by molar-refractivity contribution is 7.92. The minimum atomic E-state index is -4.22. The lowest BCUT2D eigenvalue weighted by Crippen LogP contribution is -2.56. The summed E-state index contributed by atoms with van der Waals surface area (Å²) < 4.78 is 35.5. The Morgan fingerprint density at radius 1 is 0.673 bits per heavy atom. The van der Waals surface area contributed by atoms with Crippen LogP contribution in [0.4, 0.5) is 5.69 Å². The molecule has 0 aliphatic carbocycles. The van der Waals surface area contributed by atoms with Crippen LogP contribution in [0.1, 0.15) is 31.9 Å². The van der Waals surface area contributed by atoms with Crippen molar-refractivity contribution >= 4 is 27.5 Å². The number of hydrogen-bond donors (Lipinski definition) is 1. The van der Waals surface area contributed by atoms with Crippen molar-refractivity contribution in [1.82, 2.24) is 10.2 Å². The topological polar surface area (TPSA) is 96.0 Å². The SMILES string of the molecule is CC(C)(C)NC(=O)[C@@H](Cc1ccccc1)N(Cc1ccccc1)C(=O)CN(c1ccc(Oc2ccccc2)cc1)S(=O)(=O)c1ccccc1. The molecule has 0 aliphatic heterocycles. The Kier molecular flexibility index (Phi) is 11.2. The molecule has 0 saturated heterocycles. The van der Waals surface area contributed by atoms with Gasteiger partial charge in [0.2, 0.25) is 11.8 Å². The van der Waals surface area contributed by atoms with Crippen molar-refractivity contribution in [3.63, 3.8) is 0 Å². The second-order valence-electron chi connectivity index (χ2n) is 12.7. The van der Waals surface area contributed by atoms with Crippen molar-refractivity contribution < 1.29 is 22.7 Å². The lowest BCUT2D eigenvalue weighted by Gasteiger charge is -2.35. The summed E-state index contributed by atoms with van der Waals surface area (Å²) >= 11 is 0. The molecule has 0 fully saturated rings. The van der Waals surface area contributed by atoms with E-state index < -0.39 is 34.1 Å². The van der Waals surface area contributed by atoms with Crippen molar-refractivity contribution in [1.29, 1.82) is 0 Å². The Balaban J connectivity index is 1.55. The summed E-state index contributed by atoms with van der Waals surface area (Å²) in [5, 5.41) is 3.05. The van der Waals surface area contributed by atoms with Crippen LogP contribution in [0.5, 0.6) is 11.5 Å². The second kappa shape index (κ2) is 15.7. The zero-order valence-corrected chi connectivity index (χ0v) is 28.7. The van der Waals surface area contributed by atoms with Gasteiger partial charge in [-0.05, 0) is 80.4 Å². The van der Waals surface area contributed by atoms with Gasteiger partial charge in [-0.3, -0.25) is 13.9 Å². The lowest BCUT2D eigenvalue weighted by molar-refractivity contribution is -0.140. The number of amides is 2. The molecule has 1 atom stereocenters. The second-order valence-corrected chi connectivity index (χ2v) is 14.5. The van der Waals surface area contributed by atoms with Gasteiger partial charge in [0.15, 0.2) is 0 Å². The van der Waals surface area contributed by atoms with Gasteiger partial charge in [-0.1, -0.05) is 97.1 Å². The van der Waals surface area contributed by atoms with Crippen LogP contribution in [0.25, 0.3) is 0 Å². The molecule has 0 spiro atoms. The van der Waals surface area contributed by atoms with Crippen molar-refractivity contribution in [2.24, 2.45) is 0 Å². The highest BCUT2D eigenvalue weighted by atomic mass is 32.2. The van der Waals surface area contributed by atoms with E-state index in [0.29, 0.717) is 11.5 Å². The number of carbonyl (C=O) groups is 2. The average Bonchev–Trinajstić information content (AvgIpc) is 3.10. The molecule has 0 aliphatic rings. The van der Waals surface area contributed by atoms with Gasteiger partial charge in [-0.25, -0.2) is 8.42 Å². The van der Waals surface area contributed by atoms with Gasteiger partial charge < -0.3 is 15.0 Å². The predicted octanol–water partition coefficient (Wildman–Crippen LogP) is 7.23. The van der Waals surface area contributed by atoms with Crippen LogP contribution in [-0.2, 0) is 32.6 Å². The van der Waals surface area contributed by atoms with Gasteiger partial charge in [0.25, 0.3) is 10.0 Å². The standard InChI is InChI=1S/C40H41N3O5S/c1-40(2,3)41-39(45)37(28-31-16-8-4-9-17-31)42(29-32-18-10-5-11-19-32)38(44)30-43(49(46,47)36-22-14-7-15-23-36)33-24-26-35(27-25-33)48-34-20-12-6-13-21-34/h4-27,37H,28-30H2,1-3H3,(H,41,45)/t37-/m1/s1. The summed E-state index contributed by atoms with van der Waals surface area (Å²) in [5.41, 5.74) is 1.37. The molecular formula is C40H41N3O5S. The minimum absolute atomic E-state index is 0.0355. The first-order valence-electron chi connectivity index (χ1n) is 16.1. The Labute approximate surface area is 289 Å². The zero-order valence-electron chi connectivity index (χ0n) is 27.9. The number of anilines is 1.